The summed E-state index contributed by atoms with van der Waals surface area (Å²) in [6.07, 6.45) is 0.799. The summed E-state index contributed by atoms with van der Waals surface area (Å²) in [6.45, 7) is 1.98. The van der Waals surface area contributed by atoms with E-state index in [4.69, 9.17) is 5.11 Å². The van der Waals surface area contributed by atoms with Crippen LogP contribution in [-0.4, -0.2) is 32.4 Å². The quantitative estimate of drug-likeness (QED) is 0.903. The van der Waals surface area contributed by atoms with Crippen LogP contribution in [0, 0.1) is 5.82 Å². The maximum Gasteiger partial charge on any atom is 0.318 e. The number of rotatable bonds is 3. The largest absolute Gasteiger partial charge is 0.390 e. The Morgan fingerprint density at radius 2 is 2.22 bits per heavy atom. The number of carbonyl (C=O) groups excluding carboxylic acids is 1. The van der Waals surface area contributed by atoms with Crippen molar-refractivity contribution in [3.63, 3.8) is 0 Å². The van der Waals surface area contributed by atoms with Gasteiger partial charge < -0.3 is 15.3 Å². The van der Waals surface area contributed by atoms with E-state index in [-0.39, 0.29) is 25.0 Å². The molecule has 2 amide bonds. The Hall–Kier alpha value is -2.41. The van der Waals surface area contributed by atoms with Crippen molar-refractivity contribution in [1.29, 1.82) is 0 Å². The van der Waals surface area contributed by atoms with Crippen molar-refractivity contribution in [1.82, 2.24) is 20.0 Å². The number of aryl methyl sites for hydroxylation is 1. The van der Waals surface area contributed by atoms with Gasteiger partial charge in [-0.1, -0.05) is 12.1 Å². The minimum Gasteiger partial charge on any atom is -0.390 e. The molecule has 0 unspecified atom stereocenters. The molecule has 1 aliphatic rings. The van der Waals surface area contributed by atoms with Gasteiger partial charge in [0.15, 0.2) is 0 Å². The Bertz CT molecular complexity index is 701. The summed E-state index contributed by atoms with van der Waals surface area (Å²) in [7, 11) is 0. The van der Waals surface area contributed by atoms with Crippen LogP contribution in [0.1, 0.15) is 23.4 Å². The molecule has 1 aliphatic heterocycles. The first-order chi connectivity index (χ1) is 11.2. The molecule has 23 heavy (non-hydrogen) atoms. The van der Waals surface area contributed by atoms with Gasteiger partial charge in [-0.15, -0.1) is 0 Å². The second-order valence-corrected chi connectivity index (χ2v) is 5.57. The van der Waals surface area contributed by atoms with Gasteiger partial charge in [0.2, 0.25) is 0 Å². The zero-order valence-corrected chi connectivity index (χ0v) is 12.7. The third kappa shape index (κ3) is 3.68. The lowest BCUT2D eigenvalue weighted by atomic mass is 10.2. The van der Waals surface area contributed by atoms with Crippen LogP contribution in [0.3, 0.4) is 0 Å². The third-order valence-electron chi connectivity index (χ3n) is 3.85. The van der Waals surface area contributed by atoms with Gasteiger partial charge in [-0.05, 0) is 30.2 Å². The summed E-state index contributed by atoms with van der Waals surface area (Å²) < 4.78 is 15.0. The number of halogens is 1. The highest BCUT2D eigenvalue weighted by Crippen LogP contribution is 2.14. The highest BCUT2D eigenvalue weighted by atomic mass is 19.1. The van der Waals surface area contributed by atoms with Crippen molar-refractivity contribution in [3.8, 4) is 0 Å². The van der Waals surface area contributed by atoms with Crippen LogP contribution in [0.15, 0.2) is 30.3 Å². The van der Waals surface area contributed by atoms with E-state index in [2.05, 4.69) is 10.4 Å². The third-order valence-corrected chi connectivity index (χ3v) is 3.85. The molecule has 7 heteroatoms. The van der Waals surface area contributed by atoms with Crippen molar-refractivity contribution in [2.45, 2.75) is 32.7 Å². The van der Waals surface area contributed by atoms with Gasteiger partial charge in [0, 0.05) is 19.6 Å². The standard InChI is InChI=1S/C16H19FN4O2/c17-13-4-1-3-12(7-13)9-18-16(23)20-5-2-6-21-15(10-20)8-14(11-22)19-21/h1,3-4,7-8,22H,2,5-6,9-11H2,(H,18,23). The molecule has 1 aromatic carbocycles. The summed E-state index contributed by atoms with van der Waals surface area (Å²) in [5, 5.41) is 16.3. The normalized spacial score (nSPS) is 14.3. The van der Waals surface area contributed by atoms with Crippen LogP contribution in [-0.2, 0) is 26.2 Å². The molecular formula is C16H19FN4O2. The zero-order valence-electron chi connectivity index (χ0n) is 12.7. The smallest absolute Gasteiger partial charge is 0.318 e. The molecule has 0 aliphatic carbocycles. The highest BCUT2D eigenvalue weighted by molar-refractivity contribution is 5.74. The molecular weight excluding hydrogens is 299 g/mol. The Kier molecular flexibility index (Phi) is 4.57. The van der Waals surface area contributed by atoms with Gasteiger partial charge in [-0.3, -0.25) is 4.68 Å². The molecule has 0 saturated heterocycles. The number of aliphatic hydroxyl groups is 1. The number of amides is 2. The van der Waals surface area contributed by atoms with E-state index >= 15 is 0 Å². The minimum atomic E-state index is -0.313. The second kappa shape index (κ2) is 6.78. The SMILES string of the molecule is O=C(NCc1cccc(F)c1)N1CCCn2nc(CO)cc2C1. The maximum absolute atomic E-state index is 13.1. The molecule has 0 bridgehead atoms. The van der Waals surface area contributed by atoms with Crippen LogP contribution in [0.5, 0.6) is 0 Å². The van der Waals surface area contributed by atoms with Crippen molar-refractivity contribution in [3.05, 3.63) is 53.1 Å². The predicted octanol–water partition coefficient (Wildman–Crippen LogP) is 1.63. The van der Waals surface area contributed by atoms with Gasteiger partial charge in [0.05, 0.1) is 24.5 Å². The summed E-state index contributed by atoms with van der Waals surface area (Å²) in [5.74, 6) is -0.313. The number of urea groups is 1. The first-order valence-corrected chi connectivity index (χ1v) is 7.59. The number of nitrogens with one attached hydrogen (secondary N) is 1. The number of aromatic nitrogens is 2. The molecule has 2 aromatic rings. The number of hydrogen-bond donors (Lipinski definition) is 2. The van der Waals surface area contributed by atoms with Crippen LogP contribution in [0.4, 0.5) is 9.18 Å². The summed E-state index contributed by atoms with van der Waals surface area (Å²) >= 11 is 0. The number of carbonyl (C=O) groups is 1. The summed E-state index contributed by atoms with van der Waals surface area (Å²) in [5.41, 5.74) is 2.25. The van der Waals surface area contributed by atoms with E-state index in [0.717, 1.165) is 24.2 Å². The van der Waals surface area contributed by atoms with Crippen LogP contribution in [0.2, 0.25) is 0 Å². The van der Waals surface area contributed by atoms with Gasteiger partial charge in [0.1, 0.15) is 5.82 Å². The van der Waals surface area contributed by atoms with E-state index in [1.54, 1.807) is 17.0 Å². The average molecular weight is 318 g/mol. The Labute approximate surface area is 133 Å². The Morgan fingerprint density at radius 3 is 3.00 bits per heavy atom. The average Bonchev–Trinajstić information content (AvgIpc) is 2.83. The fourth-order valence-corrected chi connectivity index (χ4v) is 2.71. The lowest BCUT2D eigenvalue weighted by Gasteiger charge is -2.20. The van der Waals surface area contributed by atoms with Crippen LogP contribution >= 0.6 is 0 Å². The molecule has 0 saturated carbocycles. The van der Waals surface area contributed by atoms with Gasteiger partial charge >= 0.3 is 6.03 Å². The Morgan fingerprint density at radius 1 is 1.35 bits per heavy atom. The first kappa shape index (κ1) is 15.5. The predicted molar refractivity (Wildman–Crippen MR) is 81.8 cm³/mol. The molecule has 0 radical (unpaired) electrons. The number of fused-ring (bicyclic) bond motifs is 1. The molecule has 3 rings (SSSR count). The molecule has 2 heterocycles. The number of nitrogens with zero attached hydrogens (tertiary/aromatic N) is 3. The Balaban J connectivity index is 1.63. The number of benzene rings is 1. The van der Waals surface area contributed by atoms with E-state index in [1.807, 2.05) is 10.7 Å². The number of hydrogen-bond acceptors (Lipinski definition) is 3. The molecule has 0 atom stereocenters. The van der Waals surface area contributed by atoms with Crippen molar-refractivity contribution < 1.29 is 14.3 Å². The van der Waals surface area contributed by atoms with E-state index in [9.17, 15) is 9.18 Å². The minimum absolute atomic E-state index is 0.105. The van der Waals surface area contributed by atoms with E-state index < -0.39 is 0 Å². The maximum atomic E-state index is 13.1. The number of aliphatic hydroxyl groups excluding tert-OH is 1. The van der Waals surface area contributed by atoms with Crippen LogP contribution in [0.25, 0.3) is 0 Å². The van der Waals surface area contributed by atoms with Crippen molar-refractivity contribution in [2.75, 3.05) is 6.54 Å². The first-order valence-electron chi connectivity index (χ1n) is 7.59. The van der Waals surface area contributed by atoms with Gasteiger partial charge in [-0.2, -0.15) is 5.10 Å². The fraction of sp³-hybridized carbons (Fsp3) is 0.375. The zero-order chi connectivity index (χ0) is 16.2. The van der Waals surface area contributed by atoms with Crippen LogP contribution < -0.4 is 5.32 Å². The fourth-order valence-electron chi connectivity index (χ4n) is 2.71. The van der Waals surface area contributed by atoms with Gasteiger partial charge in [0.25, 0.3) is 0 Å². The lowest BCUT2D eigenvalue weighted by molar-refractivity contribution is 0.195. The van der Waals surface area contributed by atoms with E-state index in [1.165, 1.54) is 12.1 Å². The molecule has 1 aromatic heterocycles. The molecule has 2 N–H and O–H groups in total. The molecule has 0 fully saturated rings. The monoisotopic (exact) mass is 318 g/mol. The summed E-state index contributed by atoms with van der Waals surface area (Å²) in [6, 6.07) is 7.81. The second-order valence-electron chi connectivity index (χ2n) is 5.57. The van der Waals surface area contributed by atoms with E-state index in [0.29, 0.717) is 18.8 Å². The van der Waals surface area contributed by atoms with Gasteiger partial charge in [-0.25, -0.2) is 9.18 Å². The highest BCUT2D eigenvalue weighted by Gasteiger charge is 2.20. The molecule has 122 valence electrons. The lowest BCUT2D eigenvalue weighted by Crippen LogP contribution is -2.39. The van der Waals surface area contributed by atoms with Crippen molar-refractivity contribution in [2.24, 2.45) is 0 Å². The van der Waals surface area contributed by atoms with Crippen molar-refractivity contribution >= 4 is 6.03 Å². The molecule has 0 spiro atoms. The molecule has 6 nitrogen and oxygen atoms in total. The summed E-state index contributed by atoms with van der Waals surface area (Å²) in [4.78, 5) is 14.0. The topological polar surface area (TPSA) is 70.4 Å².